The average molecular weight is 420 g/mol. The lowest BCUT2D eigenvalue weighted by Crippen LogP contribution is -2.23. The summed E-state index contributed by atoms with van der Waals surface area (Å²) in [4.78, 5) is 17.3. The maximum absolute atomic E-state index is 13.6. The molecule has 4 heterocycles. The normalized spacial score (nSPS) is 11.9. The number of aromatic nitrogens is 5. The molecule has 0 fully saturated rings. The second kappa shape index (κ2) is 7.32. The van der Waals surface area contributed by atoms with Gasteiger partial charge in [0.1, 0.15) is 0 Å². The number of carbonyl (C=O) groups excluding carboxylic acids is 1. The molecule has 150 valence electrons. The number of fused-ring (bicyclic) bond motifs is 1. The molecule has 0 bridgehead atoms. The van der Waals surface area contributed by atoms with Crippen molar-refractivity contribution in [2.24, 2.45) is 0 Å². The monoisotopic (exact) mass is 420 g/mol. The minimum atomic E-state index is -4.65. The van der Waals surface area contributed by atoms with E-state index in [9.17, 15) is 18.0 Å². The number of aryl methyl sites for hydroxylation is 1. The lowest BCUT2D eigenvalue weighted by molar-refractivity contribution is -0.142. The van der Waals surface area contributed by atoms with Crippen molar-refractivity contribution in [2.45, 2.75) is 26.2 Å². The SMILES string of the molecule is CCn1cc(CNC(=O)c2cc3nc(-c4cccs4)cc(C(F)(F)F)n3n2)cn1. The van der Waals surface area contributed by atoms with Crippen LogP contribution in [-0.2, 0) is 19.3 Å². The van der Waals surface area contributed by atoms with Crippen molar-refractivity contribution in [2.75, 3.05) is 0 Å². The second-order valence-electron chi connectivity index (χ2n) is 6.19. The zero-order valence-corrected chi connectivity index (χ0v) is 16.0. The summed E-state index contributed by atoms with van der Waals surface area (Å²) in [5.74, 6) is -0.592. The van der Waals surface area contributed by atoms with Gasteiger partial charge in [-0.25, -0.2) is 9.50 Å². The smallest absolute Gasteiger partial charge is 0.346 e. The van der Waals surface area contributed by atoms with E-state index in [1.807, 2.05) is 6.92 Å². The maximum Gasteiger partial charge on any atom is 0.433 e. The highest BCUT2D eigenvalue weighted by molar-refractivity contribution is 7.13. The highest BCUT2D eigenvalue weighted by Crippen LogP contribution is 2.33. The van der Waals surface area contributed by atoms with Crippen LogP contribution in [0.3, 0.4) is 0 Å². The third-order valence-corrected chi connectivity index (χ3v) is 5.08. The standard InChI is InChI=1S/C18H15F3N6OS/c1-2-26-10-11(9-23-26)8-22-17(28)13-7-16-24-12(14-4-3-5-29-14)6-15(18(19,20)21)27(16)25-13/h3-7,9-10H,2,8H2,1H3,(H,22,28). The van der Waals surface area contributed by atoms with Crippen LogP contribution in [0.15, 0.2) is 42.0 Å². The van der Waals surface area contributed by atoms with Gasteiger partial charge in [0.2, 0.25) is 0 Å². The number of amides is 1. The molecule has 4 aromatic heterocycles. The van der Waals surface area contributed by atoms with E-state index in [0.717, 1.165) is 11.6 Å². The van der Waals surface area contributed by atoms with Crippen LogP contribution in [0.4, 0.5) is 13.2 Å². The summed E-state index contributed by atoms with van der Waals surface area (Å²) in [5.41, 5.74) is -0.229. The molecule has 7 nitrogen and oxygen atoms in total. The summed E-state index contributed by atoms with van der Waals surface area (Å²) in [6.07, 6.45) is -1.26. The molecule has 0 atom stereocenters. The molecule has 0 aliphatic carbocycles. The highest BCUT2D eigenvalue weighted by atomic mass is 32.1. The van der Waals surface area contributed by atoms with E-state index in [4.69, 9.17) is 0 Å². The van der Waals surface area contributed by atoms with Crippen molar-refractivity contribution in [3.05, 3.63) is 59.0 Å². The van der Waals surface area contributed by atoms with Crippen LogP contribution in [0.1, 0.15) is 28.7 Å². The maximum atomic E-state index is 13.6. The molecule has 11 heteroatoms. The first kappa shape index (κ1) is 19.1. The van der Waals surface area contributed by atoms with Crippen molar-refractivity contribution in [1.29, 1.82) is 0 Å². The molecule has 1 amide bonds. The van der Waals surface area contributed by atoms with Crippen molar-refractivity contribution in [1.82, 2.24) is 29.7 Å². The van der Waals surface area contributed by atoms with Crippen molar-refractivity contribution >= 4 is 22.9 Å². The summed E-state index contributed by atoms with van der Waals surface area (Å²) < 4.78 is 43.0. The number of nitrogens with one attached hydrogen (secondary N) is 1. The fourth-order valence-corrected chi connectivity index (χ4v) is 3.47. The summed E-state index contributed by atoms with van der Waals surface area (Å²) in [6.45, 7) is 2.81. The second-order valence-corrected chi connectivity index (χ2v) is 7.14. The van der Waals surface area contributed by atoms with E-state index in [0.29, 0.717) is 15.9 Å². The van der Waals surface area contributed by atoms with Crippen molar-refractivity contribution in [3.63, 3.8) is 0 Å². The fourth-order valence-electron chi connectivity index (χ4n) is 2.78. The van der Waals surface area contributed by atoms with Crippen LogP contribution in [0.2, 0.25) is 0 Å². The summed E-state index contributed by atoms with van der Waals surface area (Å²) in [7, 11) is 0. The zero-order chi connectivity index (χ0) is 20.6. The van der Waals surface area contributed by atoms with Gasteiger partial charge in [-0.3, -0.25) is 9.48 Å². The van der Waals surface area contributed by atoms with Gasteiger partial charge in [0.05, 0.1) is 16.8 Å². The first-order valence-corrected chi connectivity index (χ1v) is 9.54. The highest BCUT2D eigenvalue weighted by Gasteiger charge is 2.35. The van der Waals surface area contributed by atoms with Gasteiger partial charge in [-0.05, 0) is 24.4 Å². The van der Waals surface area contributed by atoms with Crippen LogP contribution in [0.25, 0.3) is 16.2 Å². The van der Waals surface area contributed by atoms with E-state index < -0.39 is 17.8 Å². The molecular formula is C18H15F3N6OS. The van der Waals surface area contributed by atoms with Gasteiger partial charge in [0.25, 0.3) is 5.91 Å². The summed E-state index contributed by atoms with van der Waals surface area (Å²) in [6, 6.07) is 5.60. The van der Waals surface area contributed by atoms with Crippen molar-refractivity contribution < 1.29 is 18.0 Å². The zero-order valence-electron chi connectivity index (χ0n) is 15.1. The molecule has 4 rings (SSSR count). The Hall–Kier alpha value is -3.21. The first-order chi connectivity index (χ1) is 13.8. The topological polar surface area (TPSA) is 77.1 Å². The molecule has 0 aliphatic heterocycles. The Kier molecular flexibility index (Phi) is 4.82. The molecule has 1 N–H and O–H groups in total. The largest absolute Gasteiger partial charge is 0.433 e. The molecule has 0 spiro atoms. The van der Waals surface area contributed by atoms with E-state index in [1.54, 1.807) is 34.6 Å². The number of carbonyl (C=O) groups is 1. The number of thiophene rings is 1. The lowest BCUT2D eigenvalue weighted by Gasteiger charge is -2.10. The van der Waals surface area contributed by atoms with Crippen LogP contribution in [0, 0.1) is 0 Å². The predicted molar refractivity (Wildman–Crippen MR) is 100 cm³/mol. The minimum absolute atomic E-state index is 0.0489. The Labute approximate surface area is 166 Å². The van der Waals surface area contributed by atoms with Crippen molar-refractivity contribution in [3.8, 4) is 10.6 Å². The summed E-state index contributed by atoms with van der Waals surface area (Å²) in [5, 5.41) is 12.3. The van der Waals surface area contributed by atoms with Gasteiger partial charge in [-0.15, -0.1) is 11.3 Å². The number of rotatable bonds is 5. The third kappa shape index (κ3) is 3.86. The van der Waals surface area contributed by atoms with Gasteiger partial charge in [-0.2, -0.15) is 23.4 Å². The molecule has 4 aromatic rings. The molecule has 0 saturated carbocycles. The van der Waals surface area contributed by atoms with Gasteiger partial charge in [0, 0.05) is 30.9 Å². The molecule has 29 heavy (non-hydrogen) atoms. The van der Waals surface area contributed by atoms with E-state index in [2.05, 4.69) is 20.5 Å². The molecule has 0 unspecified atom stereocenters. The quantitative estimate of drug-likeness (QED) is 0.535. The van der Waals surface area contributed by atoms with Crippen LogP contribution in [-0.4, -0.2) is 30.3 Å². The van der Waals surface area contributed by atoms with Gasteiger partial charge < -0.3 is 5.32 Å². The molecule has 0 aromatic carbocycles. The Bertz CT molecular complexity index is 1160. The van der Waals surface area contributed by atoms with Gasteiger partial charge in [0.15, 0.2) is 17.0 Å². The Morgan fingerprint density at radius 1 is 1.31 bits per heavy atom. The lowest BCUT2D eigenvalue weighted by atomic mass is 10.2. The van der Waals surface area contributed by atoms with E-state index in [-0.39, 0.29) is 23.6 Å². The molecule has 0 radical (unpaired) electrons. The first-order valence-electron chi connectivity index (χ1n) is 8.66. The molecular weight excluding hydrogens is 405 g/mol. The van der Waals surface area contributed by atoms with Crippen LogP contribution in [0.5, 0.6) is 0 Å². The fraction of sp³-hybridized carbons (Fsp3) is 0.222. The number of alkyl halides is 3. The third-order valence-electron chi connectivity index (χ3n) is 4.19. The van der Waals surface area contributed by atoms with E-state index >= 15 is 0 Å². The van der Waals surface area contributed by atoms with Crippen LogP contribution >= 0.6 is 11.3 Å². The van der Waals surface area contributed by atoms with Gasteiger partial charge >= 0.3 is 6.18 Å². The molecule has 0 saturated heterocycles. The summed E-state index contributed by atoms with van der Waals surface area (Å²) >= 11 is 1.28. The van der Waals surface area contributed by atoms with E-state index in [1.165, 1.54) is 17.4 Å². The Morgan fingerprint density at radius 3 is 2.79 bits per heavy atom. The average Bonchev–Trinajstić information content (AvgIpc) is 3.44. The minimum Gasteiger partial charge on any atom is -0.346 e. The van der Waals surface area contributed by atoms with Crippen LogP contribution < -0.4 is 5.32 Å². The number of hydrogen-bond donors (Lipinski definition) is 1. The predicted octanol–water partition coefficient (Wildman–Crippen LogP) is 3.62. The number of hydrogen-bond acceptors (Lipinski definition) is 5. The molecule has 0 aliphatic rings. The number of halogens is 3. The van der Waals surface area contributed by atoms with Gasteiger partial charge in [-0.1, -0.05) is 6.07 Å². The number of nitrogens with zero attached hydrogens (tertiary/aromatic N) is 5. The Balaban J connectivity index is 1.66. The Morgan fingerprint density at radius 2 is 2.14 bits per heavy atom.